The van der Waals surface area contributed by atoms with Crippen LogP contribution in [-0.2, 0) is 0 Å². The molecule has 11 nitrogen and oxygen atoms in total. The number of nitrogens with zero attached hydrogens (tertiary/aromatic N) is 7. The third-order valence-electron chi connectivity index (χ3n) is 6.03. The van der Waals surface area contributed by atoms with Crippen LogP contribution in [0.3, 0.4) is 0 Å². The van der Waals surface area contributed by atoms with Gasteiger partial charge in [0.05, 0.1) is 18.3 Å². The van der Waals surface area contributed by atoms with Gasteiger partial charge in [0.2, 0.25) is 5.95 Å². The summed E-state index contributed by atoms with van der Waals surface area (Å²) in [5, 5.41) is 24.3. The summed E-state index contributed by atoms with van der Waals surface area (Å²) >= 11 is 0. The fourth-order valence-corrected chi connectivity index (χ4v) is 4.33. The highest BCUT2D eigenvalue weighted by molar-refractivity contribution is 5.61. The standard InChI is InChI=1S/C24H29N9O2/c1-3-32(11-12-34)23-15-21(26-22-13-16(2)29-30-22)27-24(28-23)33-10-6-8-19(33)20-14-18(31-35-20)17-7-4-5-9-25-17/h4-5,7,9,13-15,19,34H,3,6,8,10-12H2,1-2H3,(H2,26,27,28,29,30)/t19-/m0/s1. The number of aryl methyl sites for hydroxylation is 1. The molecule has 0 aliphatic carbocycles. The molecule has 0 amide bonds. The zero-order valence-electron chi connectivity index (χ0n) is 19.8. The number of likely N-dealkylation sites (N-methyl/N-ethyl adjacent to an activating group) is 1. The lowest BCUT2D eigenvalue weighted by Crippen LogP contribution is -2.29. The summed E-state index contributed by atoms with van der Waals surface area (Å²) < 4.78 is 5.76. The van der Waals surface area contributed by atoms with Gasteiger partial charge in [-0.25, -0.2) is 0 Å². The van der Waals surface area contributed by atoms with Gasteiger partial charge in [-0.15, -0.1) is 0 Å². The Kier molecular flexibility index (Phi) is 6.57. The first kappa shape index (κ1) is 22.8. The highest BCUT2D eigenvalue weighted by Gasteiger charge is 2.32. The zero-order chi connectivity index (χ0) is 24.2. The first-order valence-electron chi connectivity index (χ1n) is 11.8. The second-order valence-electron chi connectivity index (χ2n) is 8.46. The number of H-pyrrole nitrogens is 1. The lowest BCUT2D eigenvalue weighted by Gasteiger charge is -2.26. The smallest absolute Gasteiger partial charge is 0.229 e. The van der Waals surface area contributed by atoms with Crippen LogP contribution in [0, 0.1) is 6.92 Å². The number of aliphatic hydroxyl groups is 1. The Balaban J connectivity index is 1.48. The summed E-state index contributed by atoms with van der Waals surface area (Å²) in [7, 11) is 0. The fourth-order valence-electron chi connectivity index (χ4n) is 4.33. The van der Waals surface area contributed by atoms with Crippen LogP contribution in [0.1, 0.15) is 37.3 Å². The van der Waals surface area contributed by atoms with Crippen molar-refractivity contribution in [2.24, 2.45) is 0 Å². The first-order valence-corrected chi connectivity index (χ1v) is 11.8. The molecule has 182 valence electrons. The van der Waals surface area contributed by atoms with Crippen molar-refractivity contribution in [2.45, 2.75) is 32.7 Å². The SMILES string of the molecule is CCN(CCO)c1cc(Nc2cc(C)[nH]n2)nc(N2CCC[C@H]2c2cc(-c3ccccn3)no2)n1. The first-order chi connectivity index (χ1) is 17.1. The van der Waals surface area contributed by atoms with E-state index in [4.69, 9.17) is 14.5 Å². The van der Waals surface area contributed by atoms with E-state index in [0.717, 1.165) is 42.4 Å². The van der Waals surface area contributed by atoms with Crippen molar-refractivity contribution in [3.63, 3.8) is 0 Å². The van der Waals surface area contributed by atoms with Crippen molar-refractivity contribution in [2.75, 3.05) is 41.4 Å². The maximum atomic E-state index is 9.55. The molecule has 0 bridgehead atoms. The minimum Gasteiger partial charge on any atom is -0.395 e. The Morgan fingerprint density at radius 3 is 2.86 bits per heavy atom. The Hall–Kier alpha value is -3.99. The van der Waals surface area contributed by atoms with Crippen molar-refractivity contribution < 1.29 is 9.63 Å². The number of hydrogen-bond donors (Lipinski definition) is 3. The highest BCUT2D eigenvalue weighted by Crippen LogP contribution is 2.37. The van der Waals surface area contributed by atoms with Crippen LogP contribution in [0.4, 0.5) is 23.4 Å². The normalized spacial score (nSPS) is 15.5. The van der Waals surface area contributed by atoms with E-state index in [0.29, 0.717) is 36.4 Å². The van der Waals surface area contributed by atoms with Crippen LogP contribution in [0.15, 0.2) is 47.1 Å². The molecule has 0 saturated carbocycles. The molecule has 35 heavy (non-hydrogen) atoms. The molecule has 3 N–H and O–H groups in total. The summed E-state index contributed by atoms with van der Waals surface area (Å²) in [4.78, 5) is 18.2. The van der Waals surface area contributed by atoms with Crippen molar-refractivity contribution in [3.8, 4) is 11.4 Å². The molecule has 5 heterocycles. The number of nitrogens with one attached hydrogen (secondary N) is 2. The summed E-state index contributed by atoms with van der Waals surface area (Å²) in [5.41, 5.74) is 2.43. The maximum Gasteiger partial charge on any atom is 0.229 e. The average molecular weight is 476 g/mol. The van der Waals surface area contributed by atoms with Crippen molar-refractivity contribution in [1.29, 1.82) is 0 Å². The minimum absolute atomic E-state index is 0.0369. The van der Waals surface area contributed by atoms with E-state index in [2.05, 4.69) is 30.6 Å². The van der Waals surface area contributed by atoms with Gasteiger partial charge in [-0.1, -0.05) is 11.2 Å². The fraction of sp³-hybridized carbons (Fsp3) is 0.375. The van der Waals surface area contributed by atoms with E-state index in [1.807, 2.05) is 55.1 Å². The van der Waals surface area contributed by atoms with Crippen LogP contribution < -0.4 is 15.1 Å². The molecule has 4 aromatic heterocycles. The summed E-state index contributed by atoms with van der Waals surface area (Å²) in [5.74, 6) is 3.39. The minimum atomic E-state index is -0.0383. The van der Waals surface area contributed by atoms with E-state index < -0.39 is 0 Å². The molecular formula is C24H29N9O2. The molecule has 0 unspecified atom stereocenters. The van der Waals surface area contributed by atoms with Gasteiger partial charge in [-0.05, 0) is 38.8 Å². The third-order valence-corrected chi connectivity index (χ3v) is 6.03. The maximum absolute atomic E-state index is 9.55. The van der Waals surface area contributed by atoms with Gasteiger partial charge >= 0.3 is 0 Å². The molecule has 1 atom stereocenters. The van der Waals surface area contributed by atoms with Crippen LogP contribution in [0.25, 0.3) is 11.4 Å². The molecule has 0 spiro atoms. The van der Waals surface area contributed by atoms with Gasteiger partial charge in [-0.2, -0.15) is 15.1 Å². The van der Waals surface area contributed by atoms with Crippen LogP contribution in [0.2, 0.25) is 0 Å². The van der Waals surface area contributed by atoms with Gasteiger partial charge in [0.1, 0.15) is 17.3 Å². The molecular weight excluding hydrogens is 446 g/mol. The molecule has 1 aliphatic heterocycles. The van der Waals surface area contributed by atoms with Crippen LogP contribution in [0.5, 0.6) is 0 Å². The van der Waals surface area contributed by atoms with E-state index >= 15 is 0 Å². The number of anilines is 4. The van der Waals surface area contributed by atoms with Crippen LogP contribution in [-0.4, -0.2) is 61.7 Å². The third kappa shape index (κ3) is 4.94. The summed E-state index contributed by atoms with van der Waals surface area (Å²) in [6.45, 7) is 5.99. The lowest BCUT2D eigenvalue weighted by molar-refractivity contribution is 0.302. The van der Waals surface area contributed by atoms with E-state index in [1.54, 1.807) is 6.20 Å². The second-order valence-corrected chi connectivity index (χ2v) is 8.46. The van der Waals surface area contributed by atoms with Crippen molar-refractivity contribution >= 4 is 23.4 Å². The molecule has 11 heteroatoms. The topological polar surface area (TPSA) is 132 Å². The predicted octanol–water partition coefficient (Wildman–Crippen LogP) is 3.46. The quantitative estimate of drug-likeness (QED) is 0.330. The zero-order valence-corrected chi connectivity index (χ0v) is 19.8. The van der Waals surface area contributed by atoms with E-state index in [9.17, 15) is 5.11 Å². The Morgan fingerprint density at radius 2 is 2.11 bits per heavy atom. The number of hydrogen-bond acceptors (Lipinski definition) is 10. The molecule has 1 aliphatic rings. The molecule has 0 aromatic carbocycles. The lowest BCUT2D eigenvalue weighted by atomic mass is 10.1. The largest absolute Gasteiger partial charge is 0.395 e. The average Bonchev–Trinajstić information content (AvgIpc) is 3.64. The Labute approximate surface area is 203 Å². The number of aliphatic hydroxyl groups excluding tert-OH is 1. The number of aromatic amines is 1. The number of pyridine rings is 1. The summed E-state index contributed by atoms with van der Waals surface area (Å²) in [6, 6.07) is 11.4. The van der Waals surface area contributed by atoms with Crippen LogP contribution >= 0.6 is 0 Å². The molecule has 0 radical (unpaired) electrons. The van der Waals surface area contributed by atoms with Gasteiger partial charge < -0.3 is 24.7 Å². The van der Waals surface area contributed by atoms with Crippen molar-refractivity contribution in [3.05, 3.63) is 54.0 Å². The Bertz CT molecular complexity index is 1260. The predicted molar refractivity (Wildman–Crippen MR) is 133 cm³/mol. The number of aromatic nitrogens is 6. The highest BCUT2D eigenvalue weighted by atomic mass is 16.5. The molecule has 5 rings (SSSR count). The van der Waals surface area contributed by atoms with Gasteiger partial charge in [0, 0.05) is 49.7 Å². The second kappa shape index (κ2) is 10.1. The van der Waals surface area contributed by atoms with Gasteiger partial charge in [-0.3, -0.25) is 10.1 Å². The molecule has 1 saturated heterocycles. The number of rotatable bonds is 9. The van der Waals surface area contributed by atoms with E-state index in [1.165, 1.54) is 0 Å². The van der Waals surface area contributed by atoms with Gasteiger partial charge in [0.15, 0.2) is 11.6 Å². The molecule has 1 fully saturated rings. The monoisotopic (exact) mass is 475 g/mol. The van der Waals surface area contributed by atoms with Crippen molar-refractivity contribution in [1.82, 2.24) is 30.3 Å². The van der Waals surface area contributed by atoms with Gasteiger partial charge in [0.25, 0.3) is 0 Å². The summed E-state index contributed by atoms with van der Waals surface area (Å²) in [6.07, 6.45) is 3.62. The Morgan fingerprint density at radius 1 is 1.20 bits per heavy atom. The molecule has 4 aromatic rings. The van der Waals surface area contributed by atoms with E-state index in [-0.39, 0.29) is 12.6 Å².